The second-order valence-corrected chi connectivity index (χ2v) is 7.61. The van der Waals surface area contributed by atoms with Crippen LogP contribution < -0.4 is 10.6 Å². The van der Waals surface area contributed by atoms with Crippen LogP contribution in [0.5, 0.6) is 0 Å². The average molecular weight is 383 g/mol. The molecule has 0 saturated heterocycles. The van der Waals surface area contributed by atoms with Gasteiger partial charge in [-0.15, -0.1) is 5.10 Å². The molecule has 0 bridgehead atoms. The maximum Gasteiger partial charge on any atom is 0.205 e. The van der Waals surface area contributed by atoms with Gasteiger partial charge in [0.15, 0.2) is 11.5 Å². The van der Waals surface area contributed by atoms with Gasteiger partial charge in [0.05, 0.1) is 24.0 Å². The molecular weight excluding hydrogens is 352 g/mol. The van der Waals surface area contributed by atoms with E-state index in [1.165, 1.54) is 0 Å². The highest BCUT2D eigenvalue weighted by Crippen LogP contribution is 2.38. The van der Waals surface area contributed by atoms with Gasteiger partial charge in [-0.25, -0.2) is 0 Å². The van der Waals surface area contributed by atoms with Crippen LogP contribution in [0.4, 0.5) is 17.5 Å². The predicted octanol–water partition coefficient (Wildman–Crippen LogP) is 4.41. The smallest absolute Gasteiger partial charge is 0.205 e. The molecule has 1 unspecified atom stereocenters. The zero-order valence-corrected chi connectivity index (χ0v) is 17.3. The monoisotopic (exact) mass is 382 g/mol. The molecule has 7 nitrogen and oxygen atoms in total. The molecule has 1 aromatic rings. The lowest BCUT2D eigenvalue weighted by molar-refractivity contribution is 0.271. The van der Waals surface area contributed by atoms with Crippen molar-refractivity contribution in [1.82, 2.24) is 19.7 Å². The summed E-state index contributed by atoms with van der Waals surface area (Å²) in [5.74, 6) is 1.60. The Kier molecular flexibility index (Phi) is 6.14. The van der Waals surface area contributed by atoms with Crippen molar-refractivity contribution in [1.29, 1.82) is 0 Å². The summed E-state index contributed by atoms with van der Waals surface area (Å²) in [5, 5.41) is 25.4. The molecule has 0 aromatic heterocycles. The van der Waals surface area contributed by atoms with E-state index in [-0.39, 0.29) is 24.6 Å². The first-order valence-corrected chi connectivity index (χ1v) is 9.94. The highest BCUT2D eigenvalue weighted by Gasteiger charge is 2.28. The molecule has 3 rings (SSSR count). The number of hydrogen-bond acceptors (Lipinski definition) is 6. The van der Waals surface area contributed by atoms with Crippen molar-refractivity contribution in [3.05, 3.63) is 36.0 Å². The van der Waals surface area contributed by atoms with E-state index in [9.17, 15) is 5.11 Å². The molecule has 0 aliphatic carbocycles. The topological polar surface area (TPSA) is 87.9 Å². The normalized spacial score (nSPS) is 12.7. The van der Waals surface area contributed by atoms with E-state index < -0.39 is 0 Å². The Morgan fingerprint density at radius 3 is 2.36 bits per heavy atom. The predicted molar refractivity (Wildman–Crippen MR) is 113 cm³/mol. The van der Waals surface area contributed by atoms with Crippen molar-refractivity contribution in [2.75, 3.05) is 17.2 Å². The van der Waals surface area contributed by atoms with E-state index in [4.69, 9.17) is 4.98 Å². The molecule has 3 N–H and O–H groups in total. The van der Waals surface area contributed by atoms with Gasteiger partial charge in [-0.3, -0.25) is 0 Å². The standard InChI is InChI=1S/C21H30N6O/c1-6-15(12-28)23-21-24-20(22-16-10-8-7-9-11-16)18-19(27(21)14(4)5)17(13(2)3)25-26-18/h7-11,13-15,22,28H,6,12H2,1-5H3,(H,23,24). The van der Waals surface area contributed by atoms with E-state index in [1.54, 1.807) is 0 Å². The SMILES string of the molecule is CCC(CO)Nc1nc(Nc2ccccc2)c2nnc(C(C)C)c-2n1C(C)C. The van der Waals surface area contributed by atoms with Crippen LogP contribution >= 0.6 is 0 Å². The Hall–Kier alpha value is -2.67. The quantitative estimate of drug-likeness (QED) is 0.535. The Morgan fingerprint density at radius 2 is 1.79 bits per heavy atom. The summed E-state index contributed by atoms with van der Waals surface area (Å²) in [6, 6.07) is 10.0. The van der Waals surface area contributed by atoms with Crippen molar-refractivity contribution in [3.63, 3.8) is 0 Å². The number of rotatable bonds is 8. The van der Waals surface area contributed by atoms with Crippen LogP contribution in [0.1, 0.15) is 58.7 Å². The van der Waals surface area contributed by atoms with Crippen molar-refractivity contribution >= 4 is 17.5 Å². The molecule has 0 amide bonds. The minimum Gasteiger partial charge on any atom is -0.394 e. The fraction of sp³-hybridized carbons (Fsp3) is 0.476. The Bertz CT molecular complexity index is 870. The summed E-state index contributed by atoms with van der Waals surface area (Å²) in [6.45, 7) is 10.6. The lowest BCUT2D eigenvalue weighted by Crippen LogP contribution is -2.27. The summed E-state index contributed by atoms with van der Waals surface area (Å²) in [7, 11) is 0. The second-order valence-electron chi connectivity index (χ2n) is 7.61. The highest BCUT2D eigenvalue weighted by molar-refractivity contribution is 5.78. The third kappa shape index (κ3) is 3.94. The lowest BCUT2D eigenvalue weighted by Gasteiger charge is -2.26. The average Bonchev–Trinajstić information content (AvgIpc) is 3.12. The number of hydrogen-bond donors (Lipinski definition) is 3. The molecule has 7 heteroatoms. The molecule has 1 aromatic carbocycles. The van der Waals surface area contributed by atoms with E-state index in [0.717, 1.165) is 29.2 Å². The summed E-state index contributed by atoms with van der Waals surface area (Å²) >= 11 is 0. The van der Waals surface area contributed by atoms with Crippen LogP contribution in [0.25, 0.3) is 11.4 Å². The molecule has 28 heavy (non-hydrogen) atoms. The first kappa shape index (κ1) is 20.1. The van der Waals surface area contributed by atoms with Crippen LogP contribution in [0, 0.1) is 0 Å². The van der Waals surface area contributed by atoms with Gasteiger partial charge in [-0.2, -0.15) is 10.1 Å². The van der Waals surface area contributed by atoms with Crippen molar-refractivity contribution < 1.29 is 5.11 Å². The Balaban J connectivity index is 2.20. The highest BCUT2D eigenvalue weighted by atomic mass is 16.3. The Morgan fingerprint density at radius 1 is 1.07 bits per heavy atom. The first-order chi connectivity index (χ1) is 13.5. The number of aromatic nitrogens is 4. The number of nitrogens with one attached hydrogen (secondary N) is 2. The molecule has 150 valence electrons. The zero-order chi connectivity index (χ0) is 20.3. The number of fused-ring (bicyclic) bond motifs is 1. The van der Waals surface area contributed by atoms with Crippen LogP contribution in [0.15, 0.2) is 30.3 Å². The van der Waals surface area contributed by atoms with Gasteiger partial charge in [-0.05, 0) is 38.3 Å². The molecular formula is C21H30N6O. The molecule has 2 aliphatic rings. The number of aliphatic hydroxyl groups is 1. The minimum absolute atomic E-state index is 0.0459. The van der Waals surface area contributed by atoms with Gasteiger partial charge in [-0.1, -0.05) is 39.0 Å². The molecule has 0 saturated carbocycles. The van der Waals surface area contributed by atoms with Crippen molar-refractivity contribution in [2.24, 2.45) is 0 Å². The summed E-state index contributed by atoms with van der Waals surface area (Å²) in [5.41, 5.74) is 3.62. The maximum absolute atomic E-state index is 9.70. The third-order valence-electron chi connectivity index (χ3n) is 4.78. The molecule has 2 heterocycles. The number of para-hydroxylation sites is 1. The molecule has 0 radical (unpaired) electrons. The van der Waals surface area contributed by atoms with Gasteiger partial charge in [0, 0.05) is 11.7 Å². The summed E-state index contributed by atoms with van der Waals surface area (Å²) < 4.78 is 2.14. The van der Waals surface area contributed by atoms with Gasteiger partial charge >= 0.3 is 0 Å². The van der Waals surface area contributed by atoms with Crippen LogP contribution in [-0.4, -0.2) is 37.5 Å². The Labute approximate surface area is 166 Å². The first-order valence-electron chi connectivity index (χ1n) is 9.94. The fourth-order valence-electron chi connectivity index (χ4n) is 3.23. The van der Waals surface area contributed by atoms with E-state index in [0.29, 0.717) is 11.8 Å². The number of benzene rings is 1. The van der Waals surface area contributed by atoms with Crippen LogP contribution in [0.3, 0.4) is 0 Å². The number of anilines is 3. The number of nitrogens with zero attached hydrogens (tertiary/aromatic N) is 4. The molecule has 2 aliphatic heterocycles. The van der Waals surface area contributed by atoms with Crippen LogP contribution in [-0.2, 0) is 0 Å². The summed E-state index contributed by atoms with van der Waals surface area (Å²) in [4.78, 5) is 4.85. The number of aliphatic hydroxyl groups excluding tert-OH is 1. The second kappa shape index (κ2) is 8.56. The van der Waals surface area contributed by atoms with Gasteiger partial charge in [0.25, 0.3) is 0 Å². The van der Waals surface area contributed by atoms with E-state index in [2.05, 4.69) is 53.1 Å². The minimum atomic E-state index is -0.0714. The van der Waals surface area contributed by atoms with Gasteiger partial charge in [0.2, 0.25) is 5.95 Å². The molecule has 0 spiro atoms. The molecule has 1 atom stereocenters. The lowest BCUT2D eigenvalue weighted by atomic mass is 10.1. The van der Waals surface area contributed by atoms with Gasteiger partial charge < -0.3 is 20.3 Å². The zero-order valence-electron chi connectivity index (χ0n) is 17.3. The van der Waals surface area contributed by atoms with E-state index >= 15 is 0 Å². The van der Waals surface area contributed by atoms with E-state index in [1.807, 2.05) is 37.3 Å². The van der Waals surface area contributed by atoms with Crippen molar-refractivity contribution in [3.8, 4) is 11.4 Å². The summed E-state index contributed by atoms with van der Waals surface area (Å²) in [6.07, 6.45) is 0.796. The largest absolute Gasteiger partial charge is 0.394 e. The molecule has 0 fully saturated rings. The fourth-order valence-corrected chi connectivity index (χ4v) is 3.23. The van der Waals surface area contributed by atoms with Crippen molar-refractivity contribution in [2.45, 2.75) is 59.0 Å². The third-order valence-corrected chi connectivity index (χ3v) is 4.78. The maximum atomic E-state index is 9.70. The van der Waals surface area contributed by atoms with Gasteiger partial charge in [0.1, 0.15) is 0 Å². The van der Waals surface area contributed by atoms with Crippen LogP contribution in [0.2, 0.25) is 0 Å².